The van der Waals surface area contributed by atoms with Crippen molar-refractivity contribution in [2.75, 3.05) is 58.7 Å². The molecule has 3 heterocycles. The van der Waals surface area contributed by atoms with Crippen LogP contribution < -0.4 is 9.47 Å². The van der Waals surface area contributed by atoms with E-state index in [0.717, 1.165) is 86.2 Å². The second-order valence-corrected chi connectivity index (χ2v) is 16.0. The molecule has 53 heavy (non-hydrogen) atoms. The molecule has 0 bridgehead atoms. The summed E-state index contributed by atoms with van der Waals surface area (Å²) in [6.45, 7) is 6.59. The molecular formula is C43H53N5O3S2. The molecule has 3 aliphatic heterocycles. The Morgan fingerprint density at radius 3 is 2.23 bits per heavy atom. The molecule has 8 nitrogen and oxygen atoms in total. The van der Waals surface area contributed by atoms with Crippen LogP contribution in [0.15, 0.2) is 77.8 Å². The lowest BCUT2D eigenvalue weighted by atomic mass is 9.74. The molecule has 3 aliphatic rings. The monoisotopic (exact) mass is 751 g/mol. The number of methoxy groups -OCH3 is 1. The maximum Gasteiger partial charge on any atom is 0.256 e. The summed E-state index contributed by atoms with van der Waals surface area (Å²) in [6, 6.07) is 26.7. The molecule has 10 heteroatoms. The highest BCUT2D eigenvalue weighted by molar-refractivity contribution is 8.22. The van der Waals surface area contributed by atoms with Gasteiger partial charge in [-0.25, -0.2) is 0 Å². The number of hydrogen-bond acceptors (Lipinski definition) is 8. The Labute approximate surface area is 325 Å². The number of carbonyl (C=O) groups is 1. The predicted octanol–water partition coefficient (Wildman–Crippen LogP) is 8.66. The lowest BCUT2D eigenvalue weighted by Crippen LogP contribution is -2.47. The van der Waals surface area contributed by atoms with Crippen LogP contribution in [-0.2, 0) is 5.41 Å². The van der Waals surface area contributed by atoms with Crippen molar-refractivity contribution in [2.45, 2.75) is 75.7 Å². The normalized spacial score (nSPS) is 17.2. The van der Waals surface area contributed by atoms with Crippen LogP contribution in [0.4, 0.5) is 5.69 Å². The number of thiocarbonyl (C=S) groups is 1. The van der Waals surface area contributed by atoms with Crippen LogP contribution in [0.3, 0.4) is 0 Å². The lowest BCUT2D eigenvalue weighted by molar-refractivity contribution is 0.0774. The molecule has 1 amide bonds. The van der Waals surface area contributed by atoms with E-state index in [1.54, 1.807) is 24.9 Å². The molecule has 3 aromatic rings. The fourth-order valence-electron chi connectivity index (χ4n) is 7.75. The topological polar surface area (TPSA) is 81.4 Å². The highest BCUT2D eigenvalue weighted by Crippen LogP contribution is 2.39. The first-order valence-electron chi connectivity index (χ1n) is 19.4. The number of amides is 1. The van der Waals surface area contributed by atoms with E-state index in [0.29, 0.717) is 35.8 Å². The van der Waals surface area contributed by atoms with E-state index in [1.807, 2.05) is 53.6 Å². The number of benzene rings is 3. The molecule has 6 rings (SSSR count). The van der Waals surface area contributed by atoms with Crippen molar-refractivity contribution < 1.29 is 14.3 Å². The van der Waals surface area contributed by atoms with Gasteiger partial charge in [-0.1, -0.05) is 117 Å². The SMILES string of the molecule is COc1cc2c(cc1OCCCCCCCCCN1CCN(C(=S)SCCC(C#N)(c3ccccc3)c3ccccc3)CC1)N=C[C@@H]1CCCN1C2=O. The molecule has 0 spiro atoms. The number of unbranched alkanes of at least 4 members (excludes halogenated alkanes) is 6. The molecule has 3 aromatic carbocycles. The van der Waals surface area contributed by atoms with Crippen molar-refractivity contribution in [1.82, 2.24) is 14.7 Å². The molecule has 2 fully saturated rings. The Hall–Kier alpha value is -3.91. The van der Waals surface area contributed by atoms with E-state index in [4.69, 9.17) is 21.7 Å². The maximum atomic E-state index is 13.1. The van der Waals surface area contributed by atoms with Gasteiger partial charge in [-0.3, -0.25) is 14.7 Å². The second-order valence-electron chi connectivity index (χ2n) is 14.3. The summed E-state index contributed by atoms with van der Waals surface area (Å²) in [5, 5.41) is 10.5. The van der Waals surface area contributed by atoms with E-state index in [2.05, 4.69) is 45.1 Å². The number of aliphatic imine (C=N–C) groups is 1. The second kappa shape index (κ2) is 19.4. The molecular weight excluding hydrogens is 699 g/mol. The van der Waals surface area contributed by atoms with Gasteiger partial charge in [-0.05, 0) is 55.8 Å². The first-order chi connectivity index (χ1) is 26.0. The van der Waals surface area contributed by atoms with Gasteiger partial charge in [-0.15, -0.1) is 0 Å². The number of rotatable bonds is 17. The van der Waals surface area contributed by atoms with E-state index in [1.165, 1.54) is 32.1 Å². The first-order valence-corrected chi connectivity index (χ1v) is 20.8. The van der Waals surface area contributed by atoms with Gasteiger partial charge in [0.2, 0.25) is 0 Å². The Morgan fingerprint density at radius 2 is 1.57 bits per heavy atom. The number of hydrogen-bond donors (Lipinski definition) is 0. The molecule has 2 saturated heterocycles. The van der Waals surface area contributed by atoms with Gasteiger partial charge < -0.3 is 19.3 Å². The zero-order valence-electron chi connectivity index (χ0n) is 31.1. The van der Waals surface area contributed by atoms with Crippen LogP contribution in [0, 0.1) is 11.3 Å². The molecule has 0 N–H and O–H groups in total. The quantitative estimate of drug-likeness (QED) is 0.100. The van der Waals surface area contributed by atoms with Crippen LogP contribution in [0.2, 0.25) is 0 Å². The van der Waals surface area contributed by atoms with Crippen molar-refractivity contribution in [1.29, 1.82) is 5.26 Å². The van der Waals surface area contributed by atoms with E-state index in [-0.39, 0.29) is 11.9 Å². The van der Waals surface area contributed by atoms with Crippen molar-refractivity contribution in [3.8, 4) is 17.6 Å². The summed E-state index contributed by atoms with van der Waals surface area (Å²) in [5.41, 5.74) is 2.65. The van der Waals surface area contributed by atoms with Crippen LogP contribution >= 0.6 is 24.0 Å². The summed E-state index contributed by atoms with van der Waals surface area (Å²) in [6.07, 6.45) is 12.9. The van der Waals surface area contributed by atoms with Gasteiger partial charge >= 0.3 is 0 Å². The molecule has 0 aliphatic carbocycles. The third kappa shape index (κ3) is 9.80. The number of piperazine rings is 1. The smallest absolute Gasteiger partial charge is 0.256 e. The average Bonchev–Trinajstić information content (AvgIpc) is 3.64. The minimum Gasteiger partial charge on any atom is -0.493 e. The molecule has 280 valence electrons. The summed E-state index contributed by atoms with van der Waals surface area (Å²) >= 11 is 7.59. The Kier molecular flexibility index (Phi) is 14.2. The first kappa shape index (κ1) is 38.8. The third-order valence-electron chi connectivity index (χ3n) is 10.9. The van der Waals surface area contributed by atoms with Gasteiger partial charge in [-0.2, -0.15) is 5.26 Å². The van der Waals surface area contributed by atoms with Crippen LogP contribution in [0.5, 0.6) is 11.5 Å². The van der Waals surface area contributed by atoms with Crippen LogP contribution in [0.25, 0.3) is 0 Å². The maximum absolute atomic E-state index is 13.1. The summed E-state index contributed by atoms with van der Waals surface area (Å²) in [4.78, 5) is 24.6. The number of nitrogens with zero attached hydrogens (tertiary/aromatic N) is 5. The minimum absolute atomic E-state index is 0.0297. The largest absolute Gasteiger partial charge is 0.493 e. The van der Waals surface area contributed by atoms with Gasteiger partial charge in [0, 0.05) is 50.8 Å². The van der Waals surface area contributed by atoms with Gasteiger partial charge in [0.25, 0.3) is 5.91 Å². The third-order valence-corrected chi connectivity index (χ3v) is 12.4. The van der Waals surface area contributed by atoms with Crippen molar-refractivity contribution in [3.63, 3.8) is 0 Å². The summed E-state index contributed by atoms with van der Waals surface area (Å²) < 4.78 is 12.7. The number of fused-ring (bicyclic) bond motifs is 2. The van der Waals surface area contributed by atoms with E-state index in [9.17, 15) is 10.1 Å². The van der Waals surface area contributed by atoms with Crippen molar-refractivity contribution in [2.24, 2.45) is 4.99 Å². The molecule has 0 aromatic heterocycles. The van der Waals surface area contributed by atoms with Gasteiger partial charge in [0.05, 0.1) is 37.1 Å². The average molecular weight is 752 g/mol. The van der Waals surface area contributed by atoms with Crippen molar-refractivity contribution >= 4 is 46.1 Å². The molecule has 1 atom stereocenters. The number of ether oxygens (including phenoxy) is 2. The van der Waals surface area contributed by atoms with Gasteiger partial charge in [0.15, 0.2) is 11.5 Å². The zero-order chi connectivity index (χ0) is 36.9. The number of carbonyl (C=O) groups excluding carboxylic acids is 1. The molecule has 0 unspecified atom stereocenters. The van der Waals surface area contributed by atoms with Crippen molar-refractivity contribution in [3.05, 3.63) is 89.5 Å². The zero-order valence-corrected chi connectivity index (χ0v) is 32.7. The van der Waals surface area contributed by atoms with Gasteiger partial charge in [0.1, 0.15) is 9.74 Å². The number of nitriles is 1. The number of thioether (sulfide) groups is 1. The van der Waals surface area contributed by atoms with E-state index >= 15 is 0 Å². The van der Waals surface area contributed by atoms with E-state index < -0.39 is 5.41 Å². The fraction of sp³-hybridized carbons (Fsp3) is 0.488. The standard InChI is InChI=1S/C43H53N5O3S2/c1-50-39-30-37-38(45-32-36-20-15-23-48(36)41(37)49)31-40(39)51-28-14-6-4-2-3-5-13-22-46-24-26-47(27-25-46)42(52)53-29-21-43(33-44,34-16-9-7-10-17-34)35-18-11-8-12-19-35/h7-12,16-19,30-32,36H,2-6,13-15,20-29H2,1H3/t36-/m0/s1. The predicted molar refractivity (Wildman–Crippen MR) is 220 cm³/mol. The highest BCUT2D eigenvalue weighted by atomic mass is 32.2. The highest BCUT2D eigenvalue weighted by Gasteiger charge is 2.35. The Bertz CT molecular complexity index is 1680. The Balaban J connectivity index is 0.823. The summed E-state index contributed by atoms with van der Waals surface area (Å²) in [5.74, 6) is 2.07. The molecule has 0 saturated carbocycles. The van der Waals surface area contributed by atoms with Crippen LogP contribution in [0.1, 0.15) is 85.7 Å². The lowest BCUT2D eigenvalue weighted by Gasteiger charge is -2.36. The summed E-state index contributed by atoms with van der Waals surface area (Å²) in [7, 11) is 1.62. The minimum atomic E-state index is -0.687. The van der Waals surface area contributed by atoms with Crippen LogP contribution in [-0.4, -0.2) is 95.9 Å². The Morgan fingerprint density at radius 1 is 0.906 bits per heavy atom. The molecule has 0 radical (unpaired) electrons. The fourth-order valence-corrected chi connectivity index (χ4v) is 9.13.